The predicted octanol–water partition coefficient (Wildman–Crippen LogP) is 3.52. The van der Waals surface area contributed by atoms with Gasteiger partial charge in [-0.2, -0.15) is 0 Å². The Kier molecular flexibility index (Phi) is 4.51. The van der Waals surface area contributed by atoms with Gasteiger partial charge in [0.2, 0.25) is 5.91 Å². The van der Waals surface area contributed by atoms with Crippen molar-refractivity contribution in [3.8, 4) is 0 Å². The molecule has 0 aliphatic heterocycles. The van der Waals surface area contributed by atoms with E-state index in [4.69, 9.17) is 5.11 Å². The van der Waals surface area contributed by atoms with Crippen molar-refractivity contribution in [3.05, 3.63) is 28.2 Å². The van der Waals surface area contributed by atoms with Crippen LogP contribution in [0.25, 0.3) is 0 Å². The minimum Gasteiger partial charge on any atom is -0.478 e. The summed E-state index contributed by atoms with van der Waals surface area (Å²) in [6.45, 7) is 5.85. The first kappa shape index (κ1) is 14.7. The fourth-order valence-corrected chi connectivity index (χ4v) is 1.84. The zero-order chi connectivity index (χ0) is 13.9. The molecule has 0 saturated heterocycles. The van der Waals surface area contributed by atoms with Crippen molar-refractivity contribution in [2.24, 2.45) is 5.41 Å². The van der Waals surface area contributed by atoms with Crippen LogP contribution in [0.2, 0.25) is 0 Å². The second-order valence-corrected chi connectivity index (χ2v) is 6.20. The fourth-order valence-electron chi connectivity index (χ4n) is 1.48. The van der Waals surface area contributed by atoms with Crippen molar-refractivity contribution in [2.75, 3.05) is 5.32 Å². The van der Waals surface area contributed by atoms with Gasteiger partial charge in [-0.1, -0.05) is 36.7 Å². The number of carboxylic acids is 1. The van der Waals surface area contributed by atoms with E-state index in [1.54, 1.807) is 12.1 Å². The molecule has 0 aromatic heterocycles. The average molecular weight is 314 g/mol. The van der Waals surface area contributed by atoms with Crippen molar-refractivity contribution >= 4 is 33.5 Å². The molecule has 98 valence electrons. The van der Waals surface area contributed by atoms with E-state index in [1.165, 1.54) is 6.07 Å². The highest BCUT2D eigenvalue weighted by atomic mass is 79.9. The summed E-state index contributed by atoms with van der Waals surface area (Å²) >= 11 is 3.20. The Morgan fingerprint density at radius 1 is 1.33 bits per heavy atom. The van der Waals surface area contributed by atoms with Crippen LogP contribution in [-0.4, -0.2) is 17.0 Å². The molecule has 0 atom stereocenters. The molecule has 0 heterocycles. The lowest BCUT2D eigenvalue weighted by atomic mass is 9.92. The summed E-state index contributed by atoms with van der Waals surface area (Å²) < 4.78 is 0.661. The molecule has 0 radical (unpaired) electrons. The second kappa shape index (κ2) is 5.52. The largest absolute Gasteiger partial charge is 0.478 e. The molecule has 0 saturated carbocycles. The molecule has 1 aromatic carbocycles. The lowest BCUT2D eigenvalue weighted by Gasteiger charge is -2.17. The molecule has 0 aliphatic rings. The van der Waals surface area contributed by atoms with Crippen LogP contribution in [0.5, 0.6) is 0 Å². The molecule has 0 spiro atoms. The monoisotopic (exact) mass is 313 g/mol. The average Bonchev–Trinajstić information content (AvgIpc) is 2.17. The van der Waals surface area contributed by atoms with Gasteiger partial charge in [0, 0.05) is 10.9 Å². The van der Waals surface area contributed by atoms with E-state index in [9.17, 15) is 9.59 Å². The first-order chi connectivity index (χ1) is 8.19. The van der Waals surface area contributed by atoms with E-state index in [0.29, 0.717) is 16.6 Å². The van der Waals surface area contributed by atoms with Crippen LogP contribution in [0.4, 0.5) is 5.69 Å². The number of nitrogens with one attached hydrogen (secondary N) is 1. The van der Waals surface area contributed by atoms with Crippen molar-refractivity contribution in [3.63, 3.8) is 0 Å². The van der Waals surface area contributed by atoms with Gasteiger partial charge in [-0.05, 0) is 23.6 Å². The van der Waals surface area contributed by atoms with Crippen molar-refractivity contribution in [2.45, 2.75) is 27.2 Å². The molecule has 1 aromatic rings. The lowest BCUT2D eigenvalue weighted by molar-refractivity contribution is -0.117. The number of carboxylic acid groups (broad SMARTS) is 1. The van der Waals surface area contributed by atoms with Crippen LogP contribution >= 0.6 is 15.9 Å². The Labute approximate surface area is 115 Å². The Balaban J connectivity index is 2.91. The lowest BCUT2D eigenvalue weighted by Crippen LogP contribution is -2.20. The maximum absolute atomic E-state index is 11.8. The number of aromatic carboxylic acids is 1. The number of carbonyl (C=O) groups excluding carboxylic acids is 1. The molecule has 2 N–H and O–H groups in total. The number of amides is 1. The minimum absolute atomic E-state index is 0.0756. The smallest absolute Gasteiger partial charge is 0.337 e. The van der Waals surface area contributed by atoms with Crippen molar-refractivity contribution in [1.82, 2.24) is 0 Å². The Hall–Kier alpha value is -1.36. The first-order valence-corrected chi connectivity index (χ1v) is 6.31. The second-order valence-electron chi connectivity index (χ2n) is 5.28. The highest BCUT2D eigenvalue weighted by molar-refractivity contribution is 9.10. The van der Waals surface area contributed by atoms with Gasteiger partial charge >= 0.3 is 5.97 Å². The maximum atomic E-state index is 11.8. The number of hydrogen-bond donors (Lipinski definition) is 2. The summed E-state index contributed by atoms with van der Waals surface area (Å²) in [4.78, 5) is 22.8. The zero-order valence-electron chi connectivity index (χ0n) is 10.6. The molecule has 0 bridgehead atoms. The summed E-state index contributed by atoms with van der Waals surface area (Å²) in [5.41, 5.74) is 0.259. The number of benzene rings is 1. The van der Waals surface area contributed by atoms with Gasteiger partial charge in [-0.3, -0.25) is 4.79 Å². The SMILES string of the molecule is CC(C)(C)CC(=O)Nc1ccc(Br)cc1C(=O)O. The van der Waals surface area contributed by atoms with Gasteiger partial charge in [0.25, 0.3) is 0 Å². The van der Waals surface area contributed by atoms with Crippen LogP contribution in [0, 0.1) is 5.41 Å². The van der Waals surface area contributed by atoms with Crippen LogP contribution < -0.4 is 5.32 Å². The molecule has 4 nitrogen and oxygen atoms in total. The highest BCUT2D eigenvalue weighted by Gasteiger charge is 2.18. The number of halogens is 1. The Bertz CT molecular complexity index is 478. The molecule has 5 heteroatoms. The molecule has 1 rings (SSSR count). The minimum atomic E-state index is -1.07. The van der Waals surface area contributed by atoms with E-state index < -0.39 is 5.97 Å². The number of hydrogen-bond acceptors (Lipinski definition) is 2. The van der Waals surface area contributed by atoms with Crippen LogP contribution in [0.1, 0.15) is 37.6 Å². The summed E-state index contributed by atoms with van der Waals surface area (Å²) in [7, 11) is 0. The predicted molar refractivity (Wildman–Crippen MR) is 73.8 cm³/mol. The van der Waals surface area contributed by atoms with Crippen molar-refractivity contribution < 1.29 is 14.7 Å². The summed E-state index contributed by atoms with van der Waals surface area (Å²) in [5.74, 6) is -1.25. The van der Waals surface area contributed by atoms with Crippen LogP contribution in [0.15, 0.2) is 22.7 Å². The standard InChI is InChI=1S/C13H16BrNO3/c1-13(2,3)7-11(16)15-10-5-4-8(14)6-9(10)12(17)18/h4-6H,7H2,1-3H3,(H,15,16)(H,17,18). The quantitative estimate of drug-likeness (QED) is 0.897. The Morgan fingerprint density at radius 3 is 2.44 bits per heavy atom. The third-order valence-corrected chi connectivity index (χ3v) is 2.67. The molecule has 0 unspecified atom stereocenters. The van der Waals surface area contributed by atoms with Crippen LogP contribution in [0.3, 0.4) is 0 Å². The van der Waals surface area contributed by atoms with Gasteiger partial charge in [0.05, 0.1) is 11.3 Å². The Morgan fingerprint density at radius 2 is 1.94 bits per heavy atom. The van der Waals surface area contributed by atoms with Crippen LogP contribution in [-0.2, 0) is 4.79 Å². The van der Waals surface area contributed by atoms with Gasteiger partial charge in [0.15, 0.2) is 0 Å². The summed E-state index contributed by atoms with van der Waals surface area (Å²) in [5, 5.41) is 11.7. The molecule has 18 heavy (non-hydrogen) atoms. The molecular formula is C13H16BrNO3. The van der Waals surface area contributed by atoms with E-state index in [1.807, 2.05) is 20.8 Å². The third kappa shape index (κ3) is 4.49. The molecule has 0 fully saturated rings. The zero-order valence-corrected chi connectivity index (χ0v) is 12.2. The number of carbonyl (C=O) groups is 2. The molecular weight excluding hydrogens is 298 g/mol. The molecule has 0 aliphatic carbocycles. The van der Waals surface area contributed by atoms with E-state index in [2.05, 4.69) is 21.2 Å². The first-order valence-electron chi connectivity index (χ1n) is 5.52. The topological polar surface area (TPSA) is 66.4 Å². The normalized spacial score (nSPS) is 11.1. The van der Waals surface area contributed by atoms with Gasteiger partial charge in [-0.25, -0.2) is 4.79 Å². The number of rotatable bonds is 3. The van der Waals surface area contributed by atoms with Gasteiger partial charge < -0.3 is 10.4 Å². The number of anilines is 1. The van der Waals surface area contributed by atoms with Gasteiger partial charge in [-0.15, -0.1) is 0 Å². The maximum Gasteiger partial charge on any atom is 0.337 e. The van der Waals surface area contributed by atoms with E-state index in [0.717, 1.165) is 0 Å². The highest BCUT2D eigenvalue weighted by Crippen LogP contribution is 2.23. The summed E-state index contributed by atoms with van der Waals surface area (Å²) in [6.07, 6.45) is 0.335. The van der Waals surface area contributed by atoms with Gasteiger partial charge in [0.1, 0.15) is 0 Å². The van der Waals surface area contributed by atoms with E-state index >= 15 is 0 Å². The summed E-state index contributed by atoms with van der Waals surface area (Å²) in [6, 6.07) is 4.74. The third-order valence-electron chi connectivity index (χ3n) is 2.18. The fraction of sp³-hybridized carbons (Fsp3) is 0.385. The van der Waals surface area contributed by atoms with Crippen molar-refractivity contribution in [1.29, 1.82) is 0 Å². The molecule has 1 amide bonds. The van der Waals surface area contributed by atoms with E-state index in [-0.39, 0.29) is 16.9 Å².